The van der Waals surface area contributed by atoms with Crippen molar-refractivity contribution in [2.24, 2.45) is 29.6 Å². The summed E-state index contributed by atoms with van der Waals surface area (Å²) in [6.45, 7) is 3.34. The SMILES string of the molecule is CCNC(Cc1ccc(Cl)s1)C1C2CC3CC(C2)CC1C3. The first-order valence-electron chi connectivity index (χ1n) is 8.70. The van der Waals surface area contributed by atoms with Crippen LogP contribution in [0.15, 0.2) is 12.1 Å². The number of halogens is 1. The number of thiophene rings is 1. The van der Waals surface area contributed by atoms with Gasteiger partial charge in [0.25, 0.3) is 0 Å². The van der Waals surface area contributed by atoms with Crippen LogP contribution in [-0.2, 0) is 6.42 Å². The summed E-state index contributed by atoms with van der Waals surface area (Å²) < 4.78 is 0.935. The number of rotatable bonds is 5. The maximum absolute atomic E-state index is 6.13. The standard InChI is InChI=1S/C18H26ClNS/c1-2-20-16(10-15-3-4-17(19)21-15)18-13-6-11-5-12(8-13)9-14(18)7-11/h3-4,11-14,16,18,20H,2,5-10H2,1H3. The van der Waals surface area contributed by atoms with Crippen LogP contribution >= 0.6 is 22.9 Å². The van der Waals surface area contributed by atoms with Gasteiger partial charge in [0.1, 0.15) is 0 Å². The molecule has 1 atom stereocenters. The normalized spacial score (nSPS) is 38.9. The van der Waals surface area contributed by atoms with Crippen LogP contribution in [-0.4, -0.2) is 12.6 Å². The van der Waals surface area contributed by atoms with Crippen molar-refractivity contribution in [2.75, 3.05) is 6.54 Å². The summed E-state index contributed by atoms with van der Waals surface area (Å²) in [5, 5.41) is 3.83. The quantitative estimate of drug-likeness (QED) is 0.804. The molecule has 116 valence electrons. The zero-order chi connectivity index (χ0) is 14.4. The summed E-state index contributed by atoms with van der Waals surface area (Å²) in [5.74, 6) is 5.06. The van der Waals surface area contributed by atoms with Gasteiger partial charge in [0.2, 0.25) is 0 Å². The van der Waals surface area contributed by atoms with E-state index in [2.05, 4.69) is 24.4 Å². The Bertz CT molecular complexity index is 469. The molecule has 4 fully saturated rings. The lowest BCUT2D eigenvalue weighted by atomic mass is 9.50. The van der Waals surface area contributed by atoms with E-state index in [0.717, 1.165) is 40.5 Å². The van der Waals surface area contributed by atoms with Crippen molar-refractivity contribution < 1.29 is 0 Å². The average Bonchev–Trinajstić information content (AvgIpc) is 2.83. The van der Waals surface area contributed by atoms with Crippen molar-refractivity contribution in [1.82, 2.24) is 5.32 Å². The van der Waals surface area contributed by atoms with Gasteiger partial charge in [-0.15, -0.1) is 11.3 Å². The lowest BCUT2D eigenvalue weighted by Gasteiger charge is -2.56. The second-order valence-corrected chi connectivity index (χ2v) is 9.38. The van der Waals surface area contributed by atoms with E-state index in [4.69, 9.17) is 11.6 Å². The number of nitrogens with one attached hydrogen (secondary N) is 1. The van der Waals surface area contributed by atoms with Crippen LogP contribution < -0.4 is 5.32 Å². The minimum Gasteiger partial charge on any atom is -0.314 e. The van der Waals surface area contributed by atoms with Gasteiger partial charge in [-0.1, -0.05) is 18.5 Å². The van der Waals surface area contributed by atoms with E-state index in [0.29, 0.717) is 6.04 Å². The van der Waals surface area contributed by atoms with Gasteiger partial charge < -0.3 is 5.32 Å². The molecule has 1 heterocycles. The lowest BCUT2D eigenvalue weighted by Crippen LogP contribution is -2.53. The molecule has 4 aliphatic carbocycles. The van der Waals surface area contributed by atoms with E-state index >= 15 is 0 Å². The molecular weight excluding hydrogens is 298 g/mol. The van der Waals surface area contributed by atoms with E-state index in [1.165, 1.54) is 37.0 Å². The van der Waals surface area contributed by atoms with E-state index in [9.17, 15) is 0 Å². The highest BCUT2D eigenvalue weighted by Crippen LogP contribution is 2.57. The molecule has 1 aromatic rings. The van der Waals surface area contributed by atoms with E-state index in [1.807, 2.05) is 0 Å². The van der Waals surface area contributed by atoms with Gasteiger partial charge in [-0.25, -0.2) is 0 Å². The predicted molar refractivity (Wildman–Crippen MR) is 91.0 cm³/mol. The van der Waals surface area contributed by atoms with Crippen LogP contribution in [0.1, 0.15) is 43.9 Å². The van der Waals surface area contributed by atoms with Crippen molar-refractivity contribution in [1.29, 1.82) is 0 Å². The Morgan fingerprint density at radius 3 is 2.33 bits per heavy atom. The van der Waals surface area contributed by atoms with E-state index < -0.39 is 0 Å². The minimum atomic E-state index is 0.666. The molecule has 1 aromatic heterocycles. The van der Waals surface area contributed by atoms with Crippen molar-refractivity contribution in [3.05, 3.63) is 21.3 Å². The minimum absolute atomic E-state index is 0.666. The smallest absolute Gasteiger partial charge is 0.0931 e. The van der Waals surface area contributed by atoms with Crippen LogP contribution in [0, 0.1) is 29.6 Å². The van der Waals surface area contributed by atoms with Crippen molar-refractivity contribution >= 4 is 22.9 Å². The Labute approximate surface area is 137 Å². The van der Waals surface area contributed by atoms with Gasteiger partial charge in [-0.3, -0.25) is 0 Å². The van der Waals surface area contributed by atoms with Gasteiger partial charge in [-0.2, -0.15) is 0 Å². The molecule has 0 aromatic carbocycles. The maximum Gasteiger partial charge on any atom is 0.0931 e. The third-order valence-electron chi connectivity index (χ3n) is 6.28. The van der Waals surface area contributed by atoms with Crippen LogP contribution in [0.2, 0.25) is 4.34 Å². The molecule has 0 radical (unpaired) electrons. The number of hydrogen-bond donors (Lipinski definition) is 1. The van der Waals surface area contributed by atoms with Gasteiger partial charge >= 0.3 is 0 Å². The van der Waals surface area contributed by atoms with Crippen molar-refractivity contribution in [3.8, 4) is 0 Å². The first kappa shape index (κ1) is 14.5. The molecule has 0 aliphatic heterocycles. The topological polar surface area (TPSA) is 12.0 Å². The summed E-state index contributed by atoms with van der Waals surface area (Å²) in [6.07, 6.45) is 8.80. The van der Waals surface area contributed by atoms with Gasteiger partial charge in [0.15, 0.2) is 0 Å². The fraction of sp³-hybridized carbons (Fsp3) is 0.778. The Morgan fingerprint density at radius 1 is 1.14 bits per heavy atom. The molecule has 21 heavy (non-hydrogen) atoms. The van der Waals surface area contributed by atoms with Crippen molar-refractivity contribution in [2.45, 2.75) is 51.5 Å². The predicted octanol–water partition coefficient (Wildman–Crippen LogP) is 4.99. The fourth-order valence-corrected chi connectivity index (χ4v) is 7.05. The maximum atomic E-state index is 6.13. The molecule has 1 N–H and O–H groups in total. The van der Waals surface area contributed by atoms with Gasteiger partial charge in [-0.05, 0) is 86.8 Å². The number of hydrogen-bond acceptors (Lipinski definition) is 2. The van der Waals surface area contributed by atoms with Gasteiger partial charge in [0.05, 0.1) is 4.34 Å². The Balaban J connectivity index is 1.53. The Kier molecular flexibility index (Phi) is 4.06. The van der Waals surface area contributed by atoms with E-state index in [1.54, 1.807) is 17.8 Å². The highest BCUT2D eigenvalue weighted by molar-refractivity contribution is 7.16. The van der Waals surface area contributed by atoms with Crippen LogP contribution in [0.25, 0.3) is 0 Å². The molecule has 4 saturated carbocycles. The summed E-state index contributed by atoms with van der Waals surface area (Å²) in [6, 6.07) is 4.95. The molecule has 1 nitrogen and oxygen atoms in total. The molecule has 5 rings (SSSR count). The van der Waals surface area contributed by atoms with E-state index in [-0.39, 0.29) is 0 Å². The first-order valence-corrected chi connectivity index (χ1v) is 9.90. The largest absolute Gasteiger partial charge is 0.314 e. The molecule has 4 aliphatic rings. The molecule has 0 amide bonds. The summed E-state index contributed by atoms with van der Waals surface area (Å²) in [5.41, 5.74) is 0. The lowest BCUT2D eigenvalue weighted by molar-refractivity contribution is -0.0514. The average molecular weight is 324 g/mol. The molecule has 4 bridgehead atoms. The summed E-state index contributed by atoms with van der Waals surface area (Å²) >= 11 is 7.89. The highest BCUT2D eigenvalue weighted by Gasteiger charge is 2.50. The first-order chi connectivity index (χ1) is 10.2. The summed E-state index contributed by atoms with van der Waals surface area (Å²) in [7, 11) is 0. The molecule has 3 heteroatoms. The van der Waals surface area contributed by atoms with Crippen LogP contribution in [0.4, 0.5) is 0 Å². The second-order valence-electron chi connectivity index (χ2n) is 7.58. The Hall–Kier alpha value is -0.0500. The fourth-order valence-electron chi connectivity index (χ4n) is 5.91. The monoisotopic (exact) mass is 323 g/mol. The highest BCUT2D eigenvalue weighted by atomic mass is 35.5. The zero-order valence-corrected chi connectivity index (χ0v) is 14.4. The van der Waals surface area contributed by atoms with Crippen molar-refractivity contribution in [3.63, 3.8) is 0 Å². The van der Waals surface area contributed by atoms with Crippen LogP contribution in [0.5, 0.6) is 0 Å². The molecular formula is C18H26ClNS. The third kappa shape index (κ3) is 2.80. The third-order valence-corrected chi connectivity index (χ3v) is 7.53. The molecule has 0 spiro atoms. The summed E-state index contributed by atoms with van der Waals surface area (Å²) in [4.78, 5) is 1.46. The molecule has 1 unspecified atom stereocenters. The molecule has 0 saturated heterocycles. The Morgan fingerprint density at radius 2 is 1.81 bits per heavy atom. The second kappa shape index (κ2) is 5.86. The zero-order valence-electron chi connectivity index (χ0n) is 12.9. The van der Waals surface area contributed by atoms with Crippen LogP contribution in [0.3, 0.4) is 0 Å². The van der Waals surface area contributed by atoms with Gasteiger partial charge in [0, 0.05) is 10.9 Å². The number of likely N-dealkylation sites (N-methyl/N-ethyl adjacent to an activating group) is 1.